The molecule has 0 aliphatic carbocycles. The maximum Gasteiger partial charge on any atom is 0.229 e. The predicted octanol–water partition coefficient (Wildman–Crippen LogP) is 0.997. The second-order valence-electron chi connectivity index (χ2n) is 5.06. The third kappa shape index (κ3) is 2.49. The van der Waals surface area contributed by atoms with Gasteiger partial charge >= 0.3 is 0 Å². The van der Waals surface area contributed by atoms with Crippen molar-refractivity contribution >= 4 is 22.9 Å². The summed E-state index contributed by atoms with van der Waals surface area (Å²) in [5.41, 5.74) is 7.80. The summed E-state index contributed by atoms with van der Waals surface area (Å²) in [5.74, 6) is 2.29. The summed E-state index contributed by atoms with van der Waals surface area (Å²) < 4.78 is 2.05. The van der Waals surface area contributed by atoms with Gasteiger partial charge in [0.25, 0.3) is 0 Å². The van der Waals surface area contributed by atoms with Crippen LogP contribution >= 0.6 is 0 Å². The highest BCUT2D eigenvalue weighted by molar-refractivity contribution is 5.75. The van der Waals surface area contributed by atoms with Gasteiger partial charge in [0.1, 0.15) is 11.6 Å². The second kappa shape index (κ2) is 5.01. The van der Waals surface area contributed by atoms with Gasteiger partial charge in [-0.15, -0.1) is 0 Å². The van der Waals surface area contributed by atoms with Crippen LogP contribution in [0.5, 0.6) is 0 Å². The van der Waals surface area contributed by atoms with E-state index in [1.807, 2.05) is 50.0 Å². The van der Waals surface area contributed by atoms with Crippen LogP contribution < -0.4 is 10.6 Å². The molecule has 2 heterocycles. The Balaban J connectivity index is 2.00. The van der Waals surface area contributed by atoms with Crippen LogP contribution in [0.1, 0.15) is 11.6 Å². The molecule has 0 unspecified atom stereocenters. The highest BCUT2D eigenvalue weighted by Crippen LogP contribution is 2.16. The van der Waals surface area contributed by atoms with Crippen molar-refractivity contribution in [2.75, 3.05) is 24.7 Å². The first-order valence-electron chi connectivity index (χ1n) is 6.62. The lowest BCUT2D eigenvalue weighted by atomic mass is 10.3. The Morgan fingerprint density at radius 2 is 1.86 bits per heavy atom. The molecule has 0 radical (unpaired) electrons. The van der Waals surface area contributed by atoms with E-state index >= 15 is 0 Å². The Bertz CT molecular complexity index is 791. The Labute approximate surface area is 122 Å². The molecule has 2 aromatic heterocycles. The van der Waals surface area contributed by atoms with Crippen molar-refractivity contribution in [1.29, 1.82) is 0 Å². The Morgan fingerprint density at radius 3 is 2.57 bits per heavy atom. The molecule has 0 aliphatic heterocycles. The lowest BCUT2D eigenvalue weighted by molar-refractivity contribution is 0.801. The number of hydrogen-bond acceptors (Lipinski definition) is 6. The minimum atomic E-state index is 0.225. The maximum atomic E-state index is 5.75. The molecule has 3 aromatic rings. The Kier molecular flexibility index (Phi) is 3.17. The van der Waals surface area contributed by atoms with E-state index in [4.69, 9.17) is 5.73 Å². The summed E-state index contributed by atoms with van der Waals surface area (Å²) in [6.45, 7) is 0. The molecule has 2 N–H and O–H groups in total. The second-order valence-corrected chi connectivity index (χ2v) is 5.06. The number of anilines is 2. The van der Waals surface area contributed by atoms with E-state index in [1.165, 1.54) is 0 Å². The SMILES string of the molecule is CN(C)c1nc(N)nc(Cc2nc3ccccc3n2C)n1. The van der Waals surface area contributed by atoms with Crippen LogP contribution in [-0.2, 0) is 13.5 Å². The standard InChI is InChI=1S/C14H17N7/c1-20(2)14-18-11(17-13(15)19-14)8-12-16-9-6-4-5-7-10(9)21(12)3/h4-7H,8H2,1-3H3,(H2,15,17,18,19). The molecule has 0 spiro atoms. The third-order valence-electron chi connectivity index (χ3n) is 3.28. The van der Waals surface area contributed by atoms with E-state index in [0.717, 1.165) is 16.9 Å². The number of benzene rings is 1. The number of rotatable bonds is 3. The Hall–Kier alpha value is -2.70. The van der Waals surface area contributed by atoms with Crippen molar-refractivity contribution in [2.45, 2.75) is 6.42 Å². The van der Waals surface area contributed by atoms with Crippen LogP contribution in [0.3, 0.4) is 0 Å². The summed E-state index contributed by atoms with van der Waals surface area (Å²) in [7, 11) is 5.73. The number of nitrogen functional groups attached to an aromatic ring is 1. The summed E-state index contributed by atoms with van der Waals surface area (Å²) >= 11 is 0. The van der Waals surface area contributed by atoms with Crippen LogP contribution in [0.15, 0.2) is 24.3 Å². The molecule has 0 bridgehead atoms. The highest BCUT2D eigenvalue weighted by Gasteiger charge is 2.12. The average Bonchev–Trinajstić information content (AvgIpc) is 2.75. The molecule has 0 atom stereocenters. The molecule has 21 heavy (non-hydrogen) atoms. The molecule has 3 rings (SSSR count). The van der Waals surface area contributed by atoms with Crippen LogP contribution in [0, 0.1) is 0 Å². The number of nitrogens with two attached hydrogens (primary N) is 1. The normalized spacial score (nSPS) is 11.0. The monoisotopic (exact) mass is 283 g/mol. The van der Waals surface area contributed by atoms with Crippen molar-refractivity contribution in [2.24, 2.45) is 7.05 Å². The molecule has 1 aromatic carbocycles. The number of aryl methyl sites for hydroxylation is 1. The van der Waals surface area contributed by atoms with Gasteiger partial charge in [0.15, 0.2) is 0 Å². The van der Waals surface area contributed by atoms with Gasteiger partial charge in [-0.05, 0) is 12.1 Å². The van der Waals surface area contributed by atoms with Crippen molar-refractivity contribution < 1.29 is 0 Å². The van der Waals surface area contributed by atoms with Gasteiger partial charge in [-0.2, -0.15) is 15.0 Å². The molecule has 0 aliphatic rings. The quantitative estimate of drug-likeness (QED) is 0.771. The van der Waals surface area contributed by atoms with Gasteiger partial charge in [0.05, 0.1) is 17.5 Å². The van der Waals surface area contributed by atoms with Crippen molar-refractivity contribution in [1.82, 2.24) is 24.5 Å². The van der Waals surface area contributed by atoms with Crippen LogP contribution in [-0.4, -0.2) is 38.6 Å². The fourth-order valence-corrected chi connectivity index (χ4v) is 2.20. The molecule has 7 nitrogen and oxygen atoms in total. The van der Waals surface area contributed by atoms with E-state index in [2.05, 4.69) is 19.9 Å². The molecular formula is C14H17N7. The lowest BCUT2D eigenvalue weighted by Gasteiger charge is -2.11. The number of fused-ring (bicyclic) bond motifs is 1. The average molecular weight is 283 g/mol. The summed E-state index contributed by atoms with van der Waals surface area (Å²) in [6, 6.07) is 8.01. The van der Waals surface area contributed by atoms with Crippen molar-refractivity contribution in [3.05, 3.63) is 35.9 Å². The first kappa shape index (κ1) is 13.3. The van der Waals surface area contributed by atoms with Crippen LogP contribution in [0.4, 0.5) is 11.9 Å². The topological polar surface area (TPSA) is 85.8 Å². The number of para-hydroxylation sites is 2. The predicted molar refractivity (Wildman–Crippen MR) is 82.1 cm³/mol. The zero-order valence-corrected chi connectivity index (χ0v) is 12.3. The smallest absolute Gasteiger partial charge is 0.229 e. The third-order valence-corrected chi connectivity index (χ3v) is 3.28. The van der Waals surface area contributed by atoms with E-state index in [9.17, 15) is 0 Å². The fraction of sp³-hybridized carbons (Fsp3) is 0.286. The van der Waals surface area contributed by atoms with E-state index < -0.39 is 0 Å². The van der Waals surface area contributed by atoms with Gasteiger partial charge in [0.2, 0.25) is 11.9 Å². The van der Waals surface area contributed by atoms with E-state index in [1.54, 1.807) is 4.90 Å². The number of nitrogens with zero attached hydrogens (tertiary/aromatic N) is 6. The molecule has 0 fully saturated rings. The largest absolute Gasteiger partial charge is 0.368 e. The van der Waals surface area contributed by atoms with E-state index in [-0.39, 0.29) is 5.95 Å². The van der Waals surface area contributed by atoms with Crippen molar-refractivity contribution in [3.63, 3.8) is 0 Å². The first-order valence-corrected chi connectivity index (χ1v) is 6.62. The molecule has 0 amide bonds. The first-order chi connectivity index (χ1) is 10.0. The fourth-order valence-electron chi connectivity index (χ4n) is 2.20. The molecule has 0 saturated carbocycles. The summed E-state index contributed by atoms with van der Waals surface area (Å²) in [5, 5.41) is 0. The molecule has 7 heteroatoms. The lowest BCUT2D eigenvalue weighted by Crippen LogP contribution is -2.16. The minimum absolute atomic E-state index is 0.225. The Morgan fingerprint density at radius 1 is 1.10 bits per heavy atom. The van der Waals surface area contributed by atoms with Gasteiger partial charge in [-0.3, -0.25) is 0 Å². The number of aromatic nitrogens is 5. The molecule has 108 valence electrons. The summed E-state index contributed by atoms with van der Waals surface area (Å²) in [6.07, 6.45) is 0.513. The van der Waals surface area contributed by atoms with E-state index in [0.29, 0.717) is 18.2 Å². The van der Waals surface area contributed by atoms with Crippen LogP contribution in [0.25, 0.3) is 11.0 Å². The zero-order chi connectivity index (χ0) is 15.0. The zero-order valence-electron chi connectivity index (χ0n) is 12.3. The number of imidazole rings is 1. The van der Waals surface area contributed by atoms with Gasteiger partial charge in [-0.1, -0.05) is 12.1 Å². The van der Waals surface area contributed by atoms with Crippen molar-refractivity contribution in [3.8, 4) is 0 Å². The molecule has 0 saturated heterocycles. The molecular weight excluding hydrogens is 266 g/mol. The van der Waals surface area contributed by atoms with Gasteiger partial charge in [-0.25, -0.2) is 4.98 Å². The van der Waals surface area contributed by atoms with Gasteiger partial charge < -0.3 is 15.2 Å². The van der Waals surface area contributed by atoms with Crippen LogP contribution in [0.2, 0.25) is 0 Å². The van der Waals surface area contributed by atoms with Gasteiger partial charge in [0, 0.05) is 21.1 Å². The summed E-state index contributed by atoms with van der Waals surface area (Å²) in [4.78, 5) is 19.1. The highest BCUT2D eigenvalue weighted by atomic mass is 15.3. The maximum absolute atomic E-state index is 5.75. The minimum Gasteiger partial charge on any atom is -0.368 e. The number of hydrogen-bond donors (Lipinski definition) is 1.